The second-order valence-corrected chi connectivity index (χ2v) is 9.65. The van der Waals surface area contributed by atoms with Crippen molar-refractivity contribution in [2.75, 3.05) is 13.1 Å². The summed E-state index contributed by atoms with van der Waals surface area (Å²) in [4.78, 5) is 18.7. The maximum atomic E-state index is 14.9. The predicted molar refractivity (Wildman–Crippen MR) is 126 cm³/mol. The van der Waals surface area contributed by atoms with Gasteiger partial charge in [-0.2, -0.15) is 0 Å². The Morgan fingerprint density at radius 1 is 1.24 bits per heavy atom. The summed E-state index contributed by atoms with van der Waals surface area (Å²) in [5, 5.41) is 7.58. The molecule has 0 saturated carbocycles. The Balaban J connectivity index is 1.52. The zero-order chi connectivity index (χ0) is 23.9. The van der Waals surface area contributed by atoms with Gasteiger partial charge in [0.25, 0.3) is 0 Å². The molecule has 0 aliphatic carbocycles. The van der Waals surface area contributed by atoms with Crippen LogP contribution in [0.3, 0.4) is 0 Å². The largest absolute Gasteiger partial charge is 0.444 e. The van der Waals surface area contributed by atoms with Crippen molar-refractivity contribution in [3.63, 3.8) is 0 Å². The third kappa shape index (κ3) is 4.69. The minimum atomic E-state index is -0.498. The van der Waals surface area contributed by atoms with Crippen LogP contribution in [0.1, 0.15) is 56.2 Å². The first kappa shape index (κ1) is 22.8. The number of aryl methyl sites for hydroxylation is 1. The van der Waals surface area contributed by atoms with Gasteiger partial charge in [-0.1, -0.05) is 6.07 Å². The Labute approximate surface area is 192 Å². The Morgan fingerprint density at radius 3 is 2.52 bits per heavy atom. The topological polar surface area (TPSA) is 96.7 Å². The lowest BCUT2D eigenvalue weighted by Gasteiger charge is -2.33. The number of nitrogens with one attached hydrogen (secondary N) is 1. The summed E-state index contributed by atoms with van der Waals surface area (Å²) < 4.78 is 22.0. The van der Waals surface area contributed by atoms with Crippen LogP contribution in [0.5, 0.6) is 0 Å². The minimum absolute atomic E-state index is 0.177. The highest BCUT2D eigenvalue weighted by Crippen LogP contribution is 2.33. The first-order chi connectivity index (χ1) is 15.5. The highest BCUT2D eigenvalue weighted by molar-refractivity contribution is 5.95. The number of carbonyl (C=O) groups excluding carboxylic acids is 1. The van der Waals surface area contributed by atoms with Crippen molar-refractivity contribution in [2.45, 2.75) is 52.1 Å². The Kier molecular flexibility index (Phi) is 5.86. The zero-order valence-electron chi connectivity index (χ0n) is 19.5. The van der Waals surface area contributed by atoms with E-state index in [9.17, 15) is 9.18 Å². The average molecular weight is 452 g/mol. The summed E-state index contributed by atoms with van der Waals surface area (Å²) in [6.45, 7) is 8.82. The quantitative estimate of drug-likeness (QED) is 0.440. The van der Waals surface area contributed by atoms with E-state index in [4.69, 9.17) is 15.9 Å². The van der Waals surface area contributed by atoms with Gasteiger partial charge >= 0.3 is 6.09 Å². The van der Waals surface area contributed by atoms with Gasteiger partial charge in [0.1, 0.15) is 17.3 Å². The number of hydrogen-bond acceptors (Lipinski definition) is 4. The molecule has 0 radical (unpaired) electrons. The fraction of sp³-hybridized carbons (Fsp3) is 0.400. The van der Waals surface area contributed by atoms with Crippen molar-refractivity contribution in [1.29, 1.82) is 5.41 Å². The van der Waals surface area contributed by atoms with Crippen molar-refractivity contribution in [2.24, 2.45) is 5.73 Å². The molecule has 0 bridgehead atoms. The van der Waals surface area contributed by atoms with E-state index in [0.717, 1.165) is 29.5 Å². The van der Waals surface area contributed by atoms with Gasteiger partial charge in [0.2, 0.25) is 0 Å². The maximum absolute atomic E-state index is 14.9. The van der Waals surface area contributed by atoms with Gasteiger partial charge in [-0.05, 0) is 69.7 Å². The normalized spacial score (nSPS) is 15.1. The maximum Gasteiger partial charge on any atom is 0.410 e. The number of fused-ring (bicyclic) bond motifs is 1. The Morgan fingerprint density at radius 2 is 1.94 bits per heavy atom. The van der Waals surface area contributed by atoms with E-state index in [1.54, 1.807) is 15.5 Å². The number of nitrogen functional groups attached to an aromatic ring is 1. The lowest BCUT2D eigenvalue weighted by Crippen LogP contribution is -2.41. The molecule has 1 amide bonds. The highest BCUT2D eigenvalue weighted by atomic mass is 19.1. The molecular formula is C25H30FN5O2. The standard InChI is InChI=1S/C25H30FN5O2/c1-15-13-31-14-18(23(27)28)11-19(26)22(31)21(15)20-6-5-17(12-29-20)16-7-9-30(10-8-16)24(32)33-25(2,3)4/h5-6,11-14,16H,7-10H2,1-4H3,(H3,27,28). The fourth-order valence-electron chi connectivity index (χ4n) is 4.38. The molecule has 0 aromatic carbocycles. The number of carbonyl (C=O) groups is 1. The number of pyridine rings is 2. The number of nitrogens with zero attached hydrogens (tertiary/aromatic N) is 3. The van der Waals surface area contributed by atoms with Gasteiger partial charge in [0, 0.05) is 42.8 Å². The summed E-state index contributed by atoms with van der Waals surface area (Å²) in [6, 6.07) is 5.25. The smallest absolute Gasteiger partial charge is 0.410 e. The molecule has 1 saturated heterocycles. The number of amides is 1. The van der Waals surface area contributed by atoms with Gasteiger partial charge in [0.15, 0.2) is 0 Å². The molecular weight excluding hydrogens is 421 g/mol. The van der Waals surface area contributed by atoms with Gasteiger partial charge in [-0.25, -0.2) is 9.18 Å². The summed E-state index contributed by atoms with van der Waals surface area (Å²) >= 11 is 0. The molecule has 3 aromatic rings. The molecule has 3 N–H and O–H groups in total. The predicted octanol–water partition coefficient (Wildman–Crippen LogP) is 4.85. The Bertz CT molecular complexity index is 1200. The summed E-state index contributed by atoms with van der Waals surface area (Å²) in [7, 11) is 0. The van der Waals surface area contributed by atoms with Crippen LogP contribution in [0.2, 0.25) is 0 Å². The number of aromatic nitrogens is 2. The summed E-state index contributed by atoms with van der Waals surface area (Å²) in [5.41, 5.74) is 9.22. The number of nitrogens with two attached hydrogens (primary N) is 1. The van der Waals surface area contributed by atoms with Gasteiger partial charge in [0.05, 0.1) is 11.2 Å². The molecule has 0 unspecified atom stereocenters. The van der Waals surface area contributed by atoms with E-state index in [1.165, 1.54) is 6.07 Å². The van der Waals surface area contributed by atoms with Crippen molar-refractivity contribution >= 4 is 17.4 Å². The number of rotatable bonds is 3. The molecule has 4 rings (SSSR count). The number of halogens is 1. The van der Waals surface area contributed by atoms with Gasteiger partial charge < -0.3 is 19.8 Å². The van der Waals surface area contributed by atoms with Crippen molar-refractivity contribution in [1.82, 2.24) is 14.3 Å². The van der Waals surface area contributed by atoms with Crippen LogP contribution in [0.15, 0.2) is 36.8 Å². The van der Waals surface area contributed by atoms with Crippen LogP contribution in [0.25, 0.3) is 16.8 Å². The van der Waals surface area contributed by atoms with Gasteiger partial charge in [-0.15, -0.1) is 0 Å². The molecule has 4 heterocycles. The first-order valence-electron chi connectivity index (χ1n) is 11.1. The molecule has 174 valence electrons. The highest BCUT2D eigenvalue weighted by Gasteiger charge is 2.27. The fourth-order valence-corrected chi connectivity index (χ4v) is 4.38. The molecule has 0 spiro atoms. The molecule has 0 atom stereocenters. The third-order valence-corrected chi connectivity index (χ3v) is 5.98. The molecule has 3 aromatic heterocycles. The minimum Gasteiger partial charge on any atom is -0.444 e. The van der Waals surface area contributed by atoms with Gasteiger partial charge in [-0.3, -0.25) is 10.4 Å². The zero-order valence-corrected chi connectivity index (χ0v) is 19.5. The number of ether oxygens (including phenoxy) is 1. The van der Waals surface area contributed by atoms with Crippen LogP contribution < -0.4 is 5.73 Å². The first-order valence-corrected chi connectivity index (χ1v) is 11.1. The SMILES string of the molecule is Cc1cn2cc(C(=N)N)cc(F)c2c1-c1ccc(C2CCN(C(=O)OC(C)(C)C)CC2)cn1. The molecule has 1 aliphatic heterocycles. The molecule has 1 aliphatic rings. The molecule has 1 fully saturated rings. The van der Waals surface area contributed by atoms with E-state index < -0.39 is 11.4 Å². The van der Waals surface area contributed by atoms with Crippen molar-refractivity contribution < 1.29 is 13.9 Å². The van der Waals surface area contributed by atoms with Crippen LogP contribution in [-0.2, 0) is 4.74 Å². The van der Waals surface area contributed by atoms with Crippen LogP contribution in [0.4, 0.5) is 9.18 Å². The number of hydrogen-bond donors (Lipinski definition) is 2. The molecule has 7 nitrogen and oxygen atoms in total. The average Bonchev–Trinajstić information content (AvgIpc) is 3.09. The van der Waals surface area contributed by atoms with Crippen molar-refractivity contribution in [3.8, 4) is 11.3 Å². The number of likely N-dealkylation sites (tertiary alicyclic amines) is 1. The number of piperidine rings is 1. The monoisotopic (exact) mass is 451 g/mol. The van der Waals surface area contributed by atoms with E-state index in [1.807, 2.05) is 52.2 Å². The molecule has 8 heteroatoms. The van der Waals surface area contributed by atoms with E-state index in [2.05, 4.69) is 4.98 Å². The second kappa shape index (κ2) is 8.50. The van der Waals surface area contributed by atoms with Crippen molar-refractivity contribution in [3.05, 3.63) is 59.3 Å². The lowest BCUT2D eigenvalue weighted by molar-refractivity contribution is 0.0205. The second-order valence-electron chi connectivity index (χ2n) is 9.65. The lowest BCUT2D eigenvalue weighted by atomic mass is 9.90. The number of amidine groups is 1. The van der Waals surface area contributed by atoms with E-state index in [0.29, 0.717) is 35.8 Å². The van der Waals surface area contributed by atoms with Crippen LogP contribution in [-0.4, -0.2) is 44.9 Å². The van der Waals surface area contributed by atoms with Crippen LogP contribution >= 0.6 is 0 Å². The molecule has 33 heavy (non-hydrogen) atoms. The van der Waals surface area contributed by atoms with E-state index >= 15 is 0 Å². The van der Waals surface area contributed by atoms with Crippen LogP contribution in [0, 0.1) is 18.2 Å². The Hall–Kier alpha value is -3.42. The summed E-state index contributed by atoms with van der Waals surface area (Å²) in [6.07, 6.45) is 6.76. The third-order valence-electron chi connectivity index (χ3n) is 5.98. The summed E-state index contributed by atoms with van der Waals surface area (Å²) in [5.74, 6) is -0.304. The van der Waals surface area contributed by atoms with E-state index in [-0.39, 0.29) is 11.9 Å².